The molecule has 0 bridgehead atoms. The molecule has 1 unspecified atom stereocenters. The minimum absolute atomic E-state index is 0.226. The molecule has 0 saturated heterocycles. The predicted octanol–water partition coefficient (Wildman–Crippen LogP) is 3.21. The third kappa shape index (κ3) is 3.03. The fourth-order valence-electron chi connectivity index (χ4n) is 1.65. The van der Waals surface area contributed by atoms with Crippen molar-refractivity contribution in [3.63, 3.8) is 0 Å². The molecule has 1 atom stereocenters. The van der Waals surface area contributed by atoms with Gasteiger partial charge in [-0.2, -0.15) is 0 Å². The van der Waals surface area contributed by atoms with Gasteiger partial charge in [-0.1, -0.05) is 13.8 Å². The zero-order valence-corrected chi connectivity index (χ0v) is 10.7. The van der Waals surface area contributed by atoms with Gasteiger partial charge >= 0.3 is 0 Å². The van der Waals surface area contributed by atoms with E-state index in [4.69, 9.17) is 13.6 Å². The largest absolute Gasteiger partial charge is 0.464 e. The molecule has 0 fully saturated rings. The van der Waals surface area contributed by atoms with Crippen LogP contribution in [0.3, 0.4) is 0 Å². The first-order valence-electron chi connectivity index (χ1n) is 6.18. The summed E-state index contributed by atoms with van der Waals surface area (Å²) >= 11 is 0. The molecule has 0 spiro atoms. The lowest BCUT2D eigenvalue weighted by Gasteiger charge is -2.07. The Labute approximate surface area is 106 Å². The molecule has 2 rings (SSSR count). The van der Waals surface area contributed by atoms with E-state index in [9.17, 15) is 5.11 Å². The maximum atomic E-state index is 9.80. The van der Waals surface area contributed by atoms with Crippen molar-refractivity contribution >= 4 is 0 Å². The summed E-state index contributed by atoms with van der Waals surface area (Å²) in [6, 6.07) is 7.32. The predicted molar refractivity (Wildman–Crippen MR) is 65.9 cm³/mol. The molecule has 4 heteroatoms. The second-order valence-corrected chi connectivity index (χ2v) is 4.04. The van der Waals surface area contributed by atoms with E-state index in [1.165, 1.54) is 0 Å². The third-order valence-corrected chi connectivity index (χ3v) is 2.72. The molecule has 4 nitrogen and oxygen atoms in total. The van der Waals surface area contributed by atoms with Gasteiger partial charge in [0.15, 0.2) is 5.76 Å². The topological polar surface area (TPSA) is 55.7 Å². The number of hydrogen-bond donors (Lipinski definition) is 1. The third-order valence-electron chi connectivity index (χ3n) is 2.72. The molecule has 2 heterocycles. The fraction of sp³-hybridized carbons (Fsp3) is 0.429. The van der Waals surface area contributed by atoms with E-state index in [1.807, 2.05) is 32.0 Å². The Morgan fingerprint density at radius 1 is 1.00 bits per heavy atom. The van der Waals surface area contributed by atoms with Gasteiger partial charge in [-0.05, 0) is 24.3 Å². The van der Waals surface area contributed by atoms with Crippen LogP contribution in [0.2, 0.25) is 0 Å². The Bertz CT molecular complexity index is 483. The summed E-state index contributed by atoms with van der Waals surface area (Å²) < 4.78 is 16.2. The lowest BCUT2D eigenvalue weighted by atomic mass is 10.3. The molecule has 0 radical (unpaired) electrons. The second-order valence-electron chi connectivity index (χ2n) is 4.04. The van der Waals surface area contributed by atoms with Gasteiger partial charge in [0.2, 0.25) is 6.29 Å². The minimum atomic E-state index is -1.06. The second kappa shape index (κ2) is 5.89. The number of aliphatic hydroxyl groups excluding tert-OH is 1. The average molecular weight is 250 g/mol. The molecule has 18 heavy (non-hydrogen) atoms. The number of aliphatic hydroxyl groups is 1. The van der Waals surface area contributed by atoms with Crippen molar-refractivity contribution in [1.82, 2.24) is 0 Å². The van der Waals surface area contributed by atoms with Crippen molar-refractivity contribution < 1.29 is 18.7 Å². The van der Waals surface area contributed by atoms with Gasteiger partial charge in [0.05, 0.1) is 0 Å². The van der Waals surface area contributed by atoms with Crippen molar-refractivity contribution in [1.29, 1.82) is 0 Å². The number of hydrogen-bond acceptors (Lipinski definition) is 4. The number of rotatable bonds is 6. The summed E-state index contributed by atoms with van der Waals surface area (Å²) in [4.78, 5) is 0. The van der Waals surface area contributed by atoms with Crippen LogP contribution in [0.25, 0.3) is 0 Å². The van der Waals surface area contributed by atoms with E-state index in [0.29, 0.717) is 11.5 Å². The first-order chi connectivity index (χ1) is 8.72. The van der Waals surface area contributed by atoms with Gasteiger partial charge in [0, 0.05) is 12.8 Å². The number of aryl methyl sites for hydroxylation is 2. The fourth-order valence-corrected chi connectivity index (χ4v) is 1.65. The normalized spacial score (nSPS) is 12.8. The van der Waals surface area contributed by atoms with Gasteiger partial charge in [0.1, 0.15) is 23.9 Å². The smallest absolute Gasteiger partial charge is 0.215 e. The molecular formula is C14H18O4. The van der Waals surface area contributed by atoms with Crippen LogP contribution in [0.15, 0.2) is 33.1 Å². The van der Waals surface area contributed by atoms with Crippen molar-refractivity contribution in [3.05, 3.63) is 47.3 Å². The van der Waals surface area contributed by atoms with Crippen LogP contribution in [-0.4, -0.2) is 5.11 Å². The number of ether oxygens (including phenoxy) is 1. The van der Waals surface area contributed by atoms with Crippen LogP contribution in [-0.2, 0) is 24.2 Å². The maximum Gasteiger partial charge on any atom is 0.215 e. The van der Waals surface area contributed by atoms with E-state index >= 15 is 0 Å². The van der Waals surface area contributed by atoms with Crippen molar-refractivity contribution in [2.75, 3.05) is 0 Å². The summed E-state index contributed by atoms with van der Waals surface area (Å²) in [6.45, 7) is 4.24. The highest BCUT2D eigenvalue weighted by molar-refractivity contribution is 5.08. The van der Waals surface area contributed by atoms with E-state index in [1.54, 1.807) is 6.07 Å². The molecule has 0 amide bonds. The maximum absolute atomic E-state index is 9.80. The summed E-state index contributed by atoms with van der Waals surface area (Å²) in [5.41, 5.74) is 0. The van der Waals surface area contributed by atoms with E-state index in [0.717, 1.165) is 24.4 Å². The lowest BCUT2D eigenvalue weighted by Crippen LogP contribution is -2.01. The highest BCUT2D eigenvalue weighted by Crippen LogP contribution is 2.20. The molecule has 1 N–H and O–H groups in total. The summed E-state index contributed by atoms with van der Waals surface area (Å²) in [5, 5.41) is 9.80. The number of furan rings is 2. The van der Waals surface area contributed by atoms with Gasteiger partial charge in [0.25, 0.3) is 0 Å². The molecule has 0 aliphatic rings. The standard InChI is InChI=1S/C14H18O4/c1-3-10-5-6-12(17-10)9-16-14(15)13-8-7-11(4-2)18-13/h5-8,14-15H,3-4,9H2,1-2H3. The SMILES string of the molecule is CCc1ccc(COC(O)c2ccc(CC)o2)o1. The minimum Gasteiger partial charge on any atom is -0.464 e. The highest BCUT2D eigenvalue weighted by Gasteiger charge is 2.13. The van der Waals surface area contributed by atoms with E-state index < -0.39 is 6.29 Å². The van der Waals surface area contributed by atoms with Crippen LogP contribution < -0.4 is 0 Å². The van der Waals surface area contributed by atoms with Gasteiger partial charge in [-0.3, -0.25) is 0 Å². The van der Waals surface area contributed by atoms with Gasteiger partial charge in [-0.15, -0.1) is 0 Å². The monoisotopic (exact) mass is 250 g/mol. The van der Waals surface area contributed by atoms with E-state index in [2.05, 4.69) is 0 Å². The van der Waals surface area contributed by atoms with Crippen molar-refractivity contribution in [2.45, 2.75) is 39.6 Å². The van der Waals surface area contributed by atoms with Crippen LogP contribution in [0.1, 0.15) is 43.2 Å². The Morgan fingerprint density at radius 3 is 2.22 bits per heavy atom. The lowest BCUT2D eigenvalue weighted by molar-refractivity contribution is -0.127. The first kappa shape index (κ1) is 12.9. The molecule has 0 aromatic carbocycles. The summed E-state index contributed by atoms with van der Waals surface area (Å²) in [6.07, 6.45) is 0.589. The Kier molecular flexibility index (Phi) is 4.23. The molecule has 0 aliphatic heterocycles. The summed E-state index contributed by atoms with van der Waals surface area (Å²) in [7, 11) is 0. The van der Waals surface area contributed by atoms with Gasteiger partial charge < -0.3 is 18.7 Å². The molecule has 2 aromatic rings. The zero-order chi connectivity index (χ0) is 13.0. The Balaban J connectivity index is 1.89. The van der Waals surface area contributed by atoms with Crippen LogP contribution in [0, 0.1) is 0 Å². The quantitative estimate of drug-likeness (QED) is 0.800. The van der Waals surface area contributed by atoms with Crippen molar-refractivity contribution in [2.24, 2.45) is 0 Å². The Morgan fingerprint density at radius 2 is 1.61 bits per heavy atom. The van der Waals surface area contributed by atoms with Crippen LogP contribution in [0.5, 0.6) is 0 Å². The average Bonchev–Trinajstić information content (AvgIpc) is 3.04. The summed E-state index contributed by atoms with van der Waals surface area (Å²) in [5.74, 6) is 2.87. The molecule has 98 valence electrons. The van der Waals surface area contributed by atoms with Gasteiger partial charge in [-0.25, -0.2) is 0 Å². The Hall–Kier alpha value is -1.52. The highest BCUT2D eigenvalue weighted by atomic mass is 16.6. The molecule has 2 aromatic heterocycles. The van der Waals surface area contributed by atoms with Crippen molar-refractivity contribution in [3.8, 4) is 0 Å². The zero-order valence-electron chi connectivity index (χ0n) is 10.7. The van der Waals surface area contributed by atoms with Crippen LogP contribution in [0.4, 0.5) is 0 Å². The molecule has 0 aliphatic carbocycles. The van der Waals surface area contributed by atoms with Crippen LogP contribution >= 0.6 is 0 Å². The molecular weight excluding hydrogens is 232 g/mol. The molecule has 0 saturated carbocycles. The first-order valence-corrected chi connectivity index (χ1v) is 6.18. The van der Waals surface area contributed by atoms with E-state index in [-0.39, 0.29) is 6.61 Å².